The summed E-state index contributed by atoms with van der Waals surface area (Å²) in [7, 11) is 0. The van der Waals surface area contributed by atoms with Crippen LogP contribution in [0.3, 0.4) is 0 Å². The molecule has 0 aliphatic carbocycles. The number of hydrogen-bond acceptors (Lipinski definition) is 0. The van der Waals surface area contributed by atoms with Crippen molar-refractivity contribution in [3.05, 3.63) is 0 Å². The molecule has 0 unspecified atom stereocenters. The van der Waals surface area contributed by atoms with Gasteiger partial charge in [0.1, 0.15) is 0 Å². The summed E-state index contributed by atoms with van der Waals surface area (Å²) in [5.74, 6) is 0. The fourth-order valence-electron chi connectivity index (χ4n) is 0. The van der Waals surface area contributed by atoms with E-state index in [0.29, 0.717) is 0 Å². The summed E-state index contributed by atoms with van der Waals surface area (Å²) in [4.78, 5) is 0. The van der Waals surface area contributed by atoms with E-state index in [1.54, 1.807) is 0 Å². The second-order valence-electron chi connectivity index (χ2n) is 0. The smallest absolute Gasteiger partial charge is 0 e. The van der Waals surface area contributed by atoms with Gasteiger partial charge in [0.25, 0.3) is 0 Å². The Morgan fingerprint density at radius 2 is 1.00 bits per heavy atom. The first-order valence-corrected chi connectivity index (χ1v) is 0. The first-order valence-electron chi connectivity index (χ1n) is 0. The summed E-state index contributed by atoms with van der Waals surface area (Å²) in [6.45, 7) is 0. The zero-order valence-corrected chi connectivity index (χ0v) is 5.12. The van der Waals surface area contributed by atoms with E-state index in [-0.39, 0.29) is 102 Å². The van der Waals surface area contributed by atoms with Crippen molar-refractivity contribution < 1.29 is 59.9 Å². The van der Waals surface area contributed by atoms with Crippen molar-refractivity contribution in [2.24, 2.45) is 0 Å². The molecule has 0 aromatic heterocycles. The van der Waals surface area contributed by atoms with Crippen LogP contribution in [0.2, 0.25) is 0 Å². The summed E-state index contributed by atoms with van der Waals surface area (Å²) in [6, 6.07) is 0. The fraction of sp³-hybridized carbons (Fsp3) is 0. The van der Waals surface area contributed by atoms with Crippen molar-refractivity contribution in [2.45, 2.75) is 0 Å². The summed E-state index contributed by atoms with van der Waals surface area (Å²) in [5, 5.41) is 0. The first kappa shape index (κ1) is 26.5. The normalized spacial score (nSPS) is 0. The SMILES string of the molecule is [LiH].[MgH2].[Ru].[Sm]. The molecule has 0 aliphatic heterocycles. The van der Waals surface area contributed by atoms with Crippen molar-refractivity contribution in [3.63, 3.8) is 0 Å². The molecule has 0 saturated heterocycles. The Kier molecular flexibility index (Phi) is 108. The molecule has 0 bridgehead atoms. The van der Waals surface area contributed by atoms with Crippen molar-refractivity contribution in [1.29, 1.82) is 0 Å². The van der Waals surface area contributed by atoms with Gasteiger partial charge in [0, 0.05) is 59.9 Å². The van der Waals surface area contributed by atoms with Crippen molar-refractivity contribution in [2.75, 3.05) is 0 Å². The van der Waals surface area contributed by atoms with Crippen LogP contribution in [0.15, 0.2) is 0 Å². The predicted octanol–water partition coefficient (Wildman–Crippen LogP) is -1.57. The van der Waals surface area contributed by atoms with Crippen LogP contribution in [-0.2, 0) is 19.5 Å². The third-order valence-electron chi connectivity index (χ3n) is 0. The van der Waals surface area contributed by atoms with Gasteiger partial charge < -0.3 is 0 Å². The molecule has 0 saturated carbocycles. The van der Waals surface area contributed by atoms with Gasteiger partial charge in [-0.05, 0) is 0 Å². The average molecular weight is 286 g/mol. The first-order chi connectivity index (χ1) is 0. The van der Waals surface area contributed by atoms with Gasteiger partial charge in [-0.1, -0.05) is 0 Å². The minimum atomic E-state index is 0. The Morgan fingerprint density at radius 1 is 1.00 bits per heavy atom. The molecule has 0 aliphatic rings. The third kappa shape index (κ3) is 9.01. The zero-order valence-electron chi connectivity index (χ0n) is 0.762. The predicted molar refractivity (Wildman–Crippen MR) is 15.7 cm³/mol. The fourth-order valence-corrected chi connectivity index (χ4v) is 0. The largest absolute Gasteiger partial charge is 0.316 e. The van der Waals surface area contributed by atoms with Crippen LogP contribution in [0.4, 0.5) is 0 Å². The quantitative estimate of drug-likeness (QED) is 0.472. The van der Waals surface area contributed by atoms with Crippen molar-refractivity contribution >= 4 is 41.9 Å². The van der Waals surface area contributed by atoms with E-state index in [4.69, 9.17) is 0 Å². The molecule has 0 N–H and O–H groups in total. The summed E-state index contributed by atoms with van der Waals surface area (Å²) in [5.41, 5.74) is 0. The molecule has 0 spiro atoms. The van der Waals surface area contributed by atoms with Gasteiger partial charge in [-0.15, -0.1) is 0 Å². The van der Waals surface area contributed by atoms with Gasteiger partial charge in [-0.2, -0.15) is 0 Å². The number of rotatable bonds is 0. The van der Waals surface area contributed by atoms with Gasteiger partial charge in [-0.25, -0.2) is 0 Å². The average Bonchev–Trinajstić information content (AvgIpc) is 0. The molecule has 0 rings (SSSR count). The Labute approximate surface area is 99.4 Å². The standard InChI is InChI=1S/Li.Mg.Ru.Sm.3H. The molecular formula is H3LiMgRuSm. The van der Waals surface area contributed by atoms with E-state index in [9.17, 15) is 0 Å². The van der Waals surface area contributed by atoms with Crippen LogP contribution in [0, 0.1) is 40.4 Å². The zero-order chi connectivity index (χ0) is 0. The molecule has 4 heteroatoms. The third-order valence-corrected chi connectivity index (χ3v) is 0. The molecule has 0 aromatic carbocycles. The monoisotopic (exact) mass is 288 g/mol. The van der Waals surface area contributed by atoms with Crippen LogP contribution in [0.25, 0.3) is 0 Å². The molecule has 20 valence electrons. The van der Waals surface area contributed by atoms with Gasteiger partial charge >= 0.3 is 41.9 Å². The van der Waals surface area contributed by atoms with E-state index < -0.39 is 0 Å². The van der Waals surface area contributed by atoms with E-state index in [1.165, 1.54) is 0 Å². The van der Waals surface area contributed by atoms with E-state index in [0.717, 1.165) is 0 Å². The topological polar surface area (TPSA) is 0 Å². The van der Waals surface area contributed by atoms with Crippen LogP contribution >= 0.6 is 0 Å². The van der Waals surface area contributed by atoms with Crippen molar-refractivity contribution in [3.8, 4) is 0 Å². The van der Waals surface area contributed by atoms with E-state index >= 15 is 0 Å². The van der Waals surface area contributed by atoms with Crippen LogP contribution in [0.5, 0.6) is 0 Å². The molecule has 4 heavy (non-hydrogen) atoms. The Morgan fingerprint density at radius 3 is 1.00 bits per heavy atom. The molecule has 0 amide bonds. The van der Waals surface area contributed by atoms with E-state index in [1.807, 2.05) is 0 Å². The molecule has 0 nitrogen and oxygen atoms in total. The van der Waals surface area contributed by atoms with E-state index in [2.05, 4.69) is 0 Å². The van der Waals surface area contributed by atoms with Gasteiger partial charge in [0.2, 0.25) is 0 Å². The summed E-state index contributed by atoms with van der Waals surface area (Å²) < 4.78 is 0. The van der Waals surface area contributed by atoms with Crippen LogP contribution in [-0.4, -0.2) is 41.9 Å². The van der Waals surface area contributed by atoms with Gasteiger partial charge in [0.05, 0.1) is 0 Å². The molecule has 0 radical (unpaired) electrons. The minimum Gasteiger partial charge on any atom is 0 e. The maximum Gasteiger partial charge on any atom is 0.316 e. The molecular weight excluding hydrogens is 283 g/mol. The van der Waals surface area contributed by atoms with Crippen molar-refractivity contribution in [1.82, 2.24) is 0 Å². The van der Waals surface area contributed by atoms with Crippen LogP contribution in [0.1, 0.15) is 0 Å². The Balaban J connectivity index is 0. The molecule has 0 fully saturated rings. The molecule has 0 atom stereocenters. The summed E-state index contributed by atoms with van der Waals surface area (Å²) in [6.07, 6.45) is 0. The Bertz CT molecular complexity index is 8.00. The maximum absolute atomic E-state index is 0. The Hall–Kier alpha value is 3.32. The maximum atomic E-state index is 0. The second-order valence-corrected chi connectivity index (χ2v) is 0. The second kappa shape index (κ2) is 16.2. The minimum absolute atomic E-state index is 0. The van der Waals surface area contributed by atoms with Crippen LogP contribution < -0.4 is 0 Å². The molecule has 0 heterocycles. The molecule has 0 aromatic rings. The van der Waals surface area contributed by atoms with Gasteiger partial charge in [-0.3, -0.25) is 0 Å². The number of hydrogen-bond donors (Lipinski definition) is 0. The summed E-state index contributed by atoms with van der Waals surface area (Å²) >= 11 is 0. The van der Waals surface area contributed by atoms with Gasteiger partial charge in [0.15, 0.2) is 0 Å².